The predicted octanol–water partition coefficient (Wildman–Crippen LogP) is 1.64. The van der Waals surface area contributed by atoms with Crippen molar-refractivity contribution in [1.29, 1.82) is 0 Å². The average Bonchev–Trinajstić information content (AvgIpc) is 2.63. The van der Waals surface area contributed by atoms with Crippen LogP contribution in [0.2, 0.25) is 0 Å². The Morgan fingerprint density at radius 1 is 1.13 bits per heavy atom. The summed E-state index contributed by atoms with van der Waals surface area (Å²) in [4.78, 5) is 17.6. The lowest BCUT2D eigenvalue weighted by Crippen LogP contribution is -2.47. The van der Waals surface area contributed by atoms with E-state index in [1.807, 2.05) is 18.5 Å². The highest BCUT2D eigenvalue weighted by Gasteiger charge is 2.18. The van der Waals surface area contributed by atoms with Crippen LogP contribution in [-0.4, -0.2) is 59.7 Å². The summed E-state index contributed by atoms with van der Waals surface area (Å²) in [5.41, 5.74) is 1.32. The molecule has 0 saturated carbocycles. The molecule has 0 unspecified atom stereocenters. The lowest BCUT2D eigenvalue weighted by atomic mass is 10.1. The molecule has 1 aliphatic heterocycles. The zero-order valence-corrected chi connectivity index (χ0v) is 13.6. The molecule has 6 heteroatoms. The summed E-state index contributed by atoms with van der Waals surface area (Å²) in [5.74, 6) is 1.38. The van der Waals surface area contributed by atoms with Crippen molar-refractivity contribution in [3.8, 4) is 5.88 Å². The summed E-state index contributed by atoms with van der Waals surface area (Å²) in [5, 5.41) is 0. The first kappa shape index (κ1) is 15.7. The van der Waals surface area contributed by atoms with Gasteiger partial charge in [-0.05, 0) is 31.0 Å². The number of ether oxygens (including phenoxy) is 1. The highest BCUT2D eigenvalue weighted by Crippen LogP contribution is 2.14. The number of aryl methyl sites for hydroxylation is 1. The standard InChI is InChI=1S/C17H23N5O/c1-23-16-6-8-19-17(20-16)22-12-10-21(11-13-22)9-3-5-15-4-2-7-18-14-15/h2,4,6-8,14H,3,5,9-13H2,1H3. The maximum Gasteiger partial charge on any atom is 0.228 e. The van der Waals surface area contributed by atoms with Gasteiger partial charge in [-0.1, -0.05) is 6.07 Å². The van der Waals surface area contributed by atoms with E-state index < -0.39 is 0 Å². The van der Waals surface area contributed by atoms with Crippen molar-refractivity contribution in [1.82, 2.24) is 19.9 Å². The van der Waals surface area contributed by atoms with Crippen molar-refractivity contribution in [2.24, 2.45) is 0 Å². The van der Waals surface area contributed by atoms with E-state index in [-0.39, 0.29) is 0 Å². The molecule has 2 aromatic rings. The zero-order chi connectivity index (χ0) is 15.9. The molecule has 0 aromatic carbocycles. The molecule has 0 N–H and O–H groups in total. The molecular formula is C17H23N5O. The number of hydrogen-bond acceptors (Lipinski definition) is 6. The van der Waals surface area contributed by atoms with Gasteiger partial charge in [-0.15, -0.1) is 0 Å². The number of nitrogens with zero attached hydrogens (tertiary/aromatic N) is 5. The Hall–Kier alpha value is -2.21. The molecule has 3 rings (SSSR count). The number of aromatic nitrogens is 3. The van der Waals surface area contributed by atoms with Crippen molar-refractivity contribution in [2.45, 2.75) is 12.8 Å². The normalized spacial score (nSPS) is 15.6. The van der Waals surface area contributed by atoms with Gasteiger partial charge in [-0.3, -0.25) is 9.88 Å². The van der Waals surface area contributed by atoms with Gasteiger partial charge in [0.2, 0.25) is 11.8 Å². The third-order valence-electron chi connectivity index (χ3n) is 4.14. The maximum atomic E-state index is 5.17. The van der Waals surface area contributed by atoms with Crippen LogP contribution in [0.4, 0.5) is 5.95 Å². The third-order valence-corrected chi connectivity index (χ3v) is 4.14. The van der Waals surface area contributed by atoms with Crippen LogP contribution in [0.3, 0.4) is 0 Å². The fraction of sp³-hybridized carbons (Fsp3) is 0.471. The zero-order valence-electron chi connectivity index (χ0n) is 13.6. The number of piperazine rings is 1. The topological polar surface area (TPSA) is 54.4 Å². The third kappa shape index (κ3) is 4.39. The first-order valence-electron chi connectivity index (χ1n) is 8.08. The van der Waals surface area contributed by atoms with Crippen LogP contribution in [0.25, 0.3) is 0 Å². The van der Waals surface area contributed by atoms with Gasteiger partial charge < -0.3 is 9.64 Å². The molecule has 6 nitrogen and oxygen atoms in total. The van der Waals surface area contributed by atoms with Crippen molar-refractivity contribution >= 4 is 5.95 Å². The molecule has 0 radical (unpaired) electrons. The minimum absolute atomic E-state index is 0.619. The molecule has 2 aromatic heterocycles. The van der Waals surface area contributed by atoms with Crippen LogP contribution < -0.4 is 9.64 Å². The Bertz CT molecular complexity index is 599. The van der Waals surface area contributed by atoms with Crippen LogP contribution in [0.1, 0.15) is 12.0 Å². The average molecular weight is 313 g/mol. The van der Waals surface area contributed by atoms with Gasteiger partial charge in [0.15, 0.2) is 0 Å². The number of anilines is 1. The quantitative estimate of drug-likeness (QED) is 0.808. The van der Waals surface area contributed by atoms with Crippen LogP contribution in [-0.2, 0) is 6.42 Å². The lowest BCUT2D eigenvalue weighted by molar-refractivity contribution is 0.253. The van der Waals surface area contributed by atoms with Crippen molar-refractivity contribution < 1.29 is 4.74 Å². The number of hydrogen-bond donors (Lipinski definition) is 0. The van der Waals surface area contributed by atoms with E-state index >= 15 is 0 Å². The van der Waals surface area contributed by atoms with Gasteiger partial charge in [-0.2, -0.15) is 4.98 Å². The molecular weight excluding hydrogens is 290 g/mol. The maximum absolute atomic E-state index is 5.17. The summed E-state index contributed by atoms with van der Waals surface area (Å²) < 4.78 is 5.17. The number of methoxy groups -OCH3 is 1. The fourth-order valence-corrected chi connectivity index (χ4v) is 2.82. The Morgan fingerprint density at radius 3 is 2.74 bits per heavy atom. The van der Waals surface area contributed by atoms with Gasteiger partial charge in [-0.25, -0.2) is 4.98 Å². The first-order chi connectivity index (χ1) is 11.3. The van der Waals surface area contributed by atoms with Crippen LogP contribution in [0.5, 0.6) is 5.88 Å². The summed E-state index contributed by atoms with van der Waals surface area (Å²) in [6.45, 7) is 5.14. The van der Waals surface area contributed by atoms with E-state index in [2.05, 4.69) is 30.8 Å². The second kappa shape index (κ2) is 7.87. The van der Waals surface area contributed by atoms with E-state index in [0.717, 1.165) is 45.1 Å². The Kier molecular flexibility index (Phi) is 5.37. The monoisotopic (exact) mass is 313 g/mol. The van der Waals surface area contributed by atoms with Gasteiger partial charge in [0.1, 0.15) is 0 Å². The largest absolute Gasteiger partial charge is 0.481 e. The molecule has 0 atom stereocenters. The summed E-state index contributed by atoms with van der Waals surface area (Å²) in [6, 6.07) is 5.92. The van der Waals surface area contributed by atoms with E-state index in [9.17, 15) is 0 Å². The van der Waals surface area contributed by atoms with E-state index in [1.54, 1.807) is 19.4 Å². The van der Waals surface area contributed by atoms with E-state index in [4.69, 9.17) is 4.74 Å². The Labute approximate surface area is 137 Å². The molecule has 1 aliphatic rings. The molecule has 0 bridgehead atoms. The van der Waals surface area contributed by atoms with Gasteiger partial charge >= 0.3 is 0 Å². The number of pyridine rings is 1. The minimum Gasteiger partial charge on any atom is -0.481 e. The highest BCUT2D eigenvalue weighted by molar-refractivity contribution is 5.32. The highest BCUT2D eigenvalue weighted by atomic mass is 16.5. The van der Waals surface area contributed by atoms with Crippen molar-refractivity contribution in [2.75, 3.05) is 44.7 Å². The van der Waals surface area contributed by atoms with Crippen molar-refractivity contribution in [3.63, 3.8) is 0 Å². The molecule has 0 amide bonds. The Balaban J connectivity index is 1.43. The molecule has 1 fully saturated rings. The molecule has 3 heterocycles. The SMILES string of the molecule is COc1ccnc(N2CCN(CCCc3cccnc3)CC2)n1. The molecule has 0 spiro atoms. The van der Waals surface area contributed by atoms with E-state index in [0.29, 0.717) is 5.88 Å². The molecule has 1 saturated heterocycles. The van der Waals surface area contributed by atoms with Gasteiger partial charge in [0.05, 0.1) is 7.11 Å². The second-order valence-corrected chi connectivity index (χ2v) is 5.69. The molecule has 122 valence electrons. The van der Waals surface area contributed by atoms with Gasteiger partial charge in [0, 0.05) is 50.8 Å². The fourth-order valence-electron chi connectivity index (χ4n) is 2.82. The second-order valence-electron chi connectivity index (χ2n) is 5.69. The first-order valence-corrected chi connectivity index (χ1v) is 8.08. The van der Waals surface area contributed by atoms with Crippen LogP contribution >= 0.6 is 0 Å². The molecule has 0 aliphatic carbocycles. The molecule has 23 heavy (non-hydrogen) atoms. The Morgan fingerprint density at radius 2 is 2.00 bits per heavy atom. The van der Waals surface area contributed by atoms with Crippen molar-refractivity contribution in [3.05, 3.63) is 42.4 Å². The minimum atomic E-state index is 0.619. The summed E-state index contributed by atoms with van der Waals surface area (Å²) >= 11 is 0. The summed E-state index contributed by atoms with van der Waals surface area (Å²) in [7, 11) is 1.63. The summed E-state index contributed by atoms with van der Waals surface area (Å²) in [6.07, 6.45) is 7.79. The smallest absolute Gasteiger partial charge is 0.228 e. The lowest BCUT2D eigenvalue weighted by Gasteiger charge is -2.34. The van der Waals surface area contributed by atoms with Gasteiger partial charge in [0.25, 0.3) is 0 Å². The van der Waals surface area contributed by atoms with E-state index in [1.165, 1.54) is 12.0 Å². The van der Waals surface area contributed by atoms with Crippen LogP contribution in [0.15, 0.2) is 36.8 Å². The van der Waals surface area contributed by atoms with Crippen LogP contribution in [0, 0.1) is 0 Å². The number of rotatable bonds is 6. The predicted molar refractivity (Wildman–Crippen MR) is 89.8 cm³/mol.